The Hall–Kier alpha value is -2.37. The van der Waals surface area contributed by atoms with Crippen LogP contribution in [0.4, 0.5) is 0 Å². The number of benzene rings is 1. The standard InChI is InChI=1S/C20H24N4O2/c25-20(17-13-14-7-3-4-9-16(14)26-17)23-12-6-8-15(23)19-22-21-18-10-2-1-5-11-24(18)19/h3-4,7,9,15,17H,1-2,5-6,8,10-13H2/t15-,17+/m1/s1. The number of carbonyl (C=O) groups excluding carboxylic acids is 1. The van der Waals surface area contributed by atoms with E-state index in [1.54, 1.807) is 0 Å². The first-order valence-electron chi connectivity index (χ1n) is 9.78. The summed E-state index contributed by atoms with van der Waals surface area (Å²) in [5, 5.41) is 8.93. The molecule has 0 saturated carbocycles. The normalized spacial score (nSPS) is 24.7. The molecule has 1 saturated heterocycles. The van der Waals surface area contributed by atoms with Gasteiger partial charge in [0.05, 0.1) is 6.04 Å². The third-order valence-electron chi connectivity index (χ3n) is 5.89. The molecule has 5 rings (SSSR count). The first kappa shape index (κ1) is 15.9. The van der Waals surface area contributed by atoms with E-state index in [4.69, 9.17) is 4.74 Å². The van der Waals surface area contributed by atoms with Gasteiger partial charge in [0, 0.05) is 25.9 Å². The number of likely N-dealkylation sites (tertiary alicyclic amines) is 1. The summed E-state index contributed by atoms with van der Waals surface area (Å²) >= 11 is 0. The molecule has 0 radical (unpaired) electrons. The molecule has 1 aromatic carbocycles. The minimum atomic E-state index is -0.403. The van der Waals surface area contributed by atoms with E-state index in [0.717, 1.165) is 55.3 Å². The van der Waals surface area contributed by atoms with Gasteiger partial charge in [-0.3, -0.25) is 4.79 Å². The molecule has 4 heterocycles. The molecule has 26 heavy (non-hydrogen) atoms. The lowest BCUT2D eigenvalue weighted by Crippen LogP contribution is -2.41. The highest BCUT2D eigenvalue weighted by Gasteiger charge is 2.40. The maximum Gasteiger partial charge on any atom is 0.264 e. The molecule has 1 aromatic heterocycles. The predicted octanol–water partition coefficient (Wildman–Crippen LogP) is 2.67. The molecule has 6 nitrogen and oxygen atoms in total. The Balaban J connectivity index is 1.38. The highest BCUT2D eigenvalue weighted by Crippen LogP contribution is 2.35. The van der Waals surface area contributed by atoms with Gasteiger partial charge in [0.15, 0.2) is 11.9 Å². The monoisotopic (exact) mass is 352 g/mol. The van der Waals surface area contributed by atoms with Crippen LogP contribution in [-0.2, 0) is 24.2 Å². The van der Waals surface area contributed by atoms with Crippen molar-refractivity contribution < 1.29 is 9.53 Å². The second-order valence-corrected chi connectivity index (χ2v) is 7.54. The molecule has 3 aliphatic rings. The molecular weight excluding hydrogens is 328 g/mol. The molecule has 0 bridgehead atoms. The van der Waals surface area contributed by atoms with Crippen molar-refractivity contribution in [2.75, 3.05) is 6.54 Å². The van der Waals surface area contributed by atoms with Gasteiger partial charge in [-0.25, -0.2) is 0 Å². The summed E-state index contributed by atoms with van der Waals surface area (Å²) in [6.07, 6.45) is 6.82. The van der Waals surface area contributed by atoms with E-state index in [2.05, 4.69) is 14.8 Å². The molecular formula is C20H24N4O2. The van der Waals surface area contributed by atoms with Crippen LogP contribution in [0.5, 0.6) is 5.75 Å². The lowest BCUT2D eigenvalue weighted by Gasteiger charge is -2.27. The number of carbonyl (C=O) groups is 1. The van der Waals surface area contributed by atoms with E-state index in [9.17, 15) is 4.79 Å². The van der Waals surface area contributed by atoms with Crippen LogP contribution < -0.4 is 4.74 Å². The molecule has 136 valence electrons. The number of aromatic nitrogens is 3. The Bertz CT molecular complexity index is 806. The fourth-order valence-corrected chi connectivity index (χ4v) is 4.56. The van der Waals surface area contributed by atoms with Crippen molar-refractivity contribution in [1.82, 2.24) is 19.7 Å². The van der Waals surface area contributed by atoms with Crippen molar-refractivity contribution in [2.45, 2.75) is 63.6 Å². The number of amides is 1. The molecule has 2 atom stereocenters. The van der Waals surface area contributed by atoms with E-state index in [1.165, 1.54) is 19.3 Å². The molecule has 1 amide bonds. The summed E-state index contributed by atoms with van der Waals surface area (Å²) in [7, 11) is 0. The first-order valence-corrected chi connectivity index (χ1v) is 9.78. The summed E-state index contributed by atoms with van der Waals surface area (Å²) in [6, 6.07) is 7.98. The fraction of sp³-hybridized carbons (Fsp3) is 0.550. The van der Waals surface area contributed by atoms with E-state index < -0.39 is 6.10 Å². The summed E-state index contributed by atoms with van der Waals surface area (Å²) in [4.78, 5) is 15.2. The van der Waals surface area contributed by atoms with Gasteiger partial charge in [-0.1, -0.05) is 24.6 Å². The van der Waals surface area contributed by atoms with Crippen LogP contribution in [-0.4, -0.2) is 38.2 Å². The van der Waals surface area contributed by atoms with E-state index >= 15 is 0 Å². The lowest BCUT2D eigenvalue weighted by atomic mass is 10.1. The summed E-state index contributed by atoms with van der Waals surface area (Å²) in [6.45, 7) is 1.75. The molecule has 0 aliphatic carbocycles. The van der Waals surface area contributed by atoms with Crippen molar-refractivity contribution in [3.63, 3.8) is 0 Å². The largest absolute Gasteiger partial charge is 0.480 e. The lowest BCUT2D eigenvalue weighted by molar-refractivity contribution is -0.139. The fourth-order valence-electron chi connectivity index (χ4n) is 4.56. The highest BCUT2D eigenvalue weighted by atomic mass is 16.5. The van der Waals surface area contributed by atoms with Gasteiger partial charge in [-0.05, 0) is 37.3 Å². The Morgan fingerprint density at radius 3 is 2.92 bits per heavy atom. The molecule has 0 unspecified atom stereocenters. The topological polar surface area (TPSA) is 60.2 Å². The van der Waals surface area contributed by atoms with Gasteiger partial charge in [0.1, 0.15) is 11.6 Å². The van der Waals surface area contributed by atoms with Crippen LogP contribution in [0.25, 0.3) is 0 Å². The van der Waals surface area contributed by atoms with E-state index in [1.807, 2.05) is 29.2 Å². The second-order valence-electron chi connectivity index (χ2n) is 7.54. The Morgan fingerprint density at radius 2 is 2.00 bits per heavy atom. The summed E-state index contributed by atoms with van der Waals surface area (Å²) in [5.74, 6) is 3.00. The van der Waals surface area contributed by atoms with E-state index in [0.29, 0.717) is 6.42 Å². The number of hydrogen-bond acceptors (Lipinski definition) is 4. The second kappa shape index (κ2) is 6.41. The van der Waals surface area contributed by atoms with Crippen LogP contribution in [0.1, 0.15) is 55.4 Å². The number of nitrogens with zero attached hydrogens (tertiary/aromatic N) is 4. The third-order valence-corrected chi connectivity index (χ3v) is 5.89. The zero-order chi connectivity index (χ0) is 17.5. The van der Waals surface area contributed by atoms with Gasteiger partial charge in [0.25, 0.3) is 5.91 Å². The molecule has 6 heteroatoms. The Labute approximate surface area is 153 Å². The average molecular weight is 352 g/mol. The highest BCUT2D eigenvalue weighted by molar-refractivity contribution is 5.83. The molecule has 1 fully saturated rings. The zero-order valence-corrected chi connectivity index (χ0v) is 14.9. The van der Waals surface area contributed by atoms with E-state index in [-0.39, 0.29) is 11.9 Å². The maximum atomic E-state index is 13.2. The Morgan fingerprint density at radius 1 is 1.08 bits per heavy atom. The quantitative estimate of drug-likeness (QED) is 0.834. The SMILES string of the molecule is O=C([C@@H]1Cc2ccccc2O1)N1CCC[C@@H]1c1nnc2n1CCCCC2. The third kappa shape index (κ3) is 2.59. The van der Waals surface area contributed by atoms with Gasteiger partial charge in [-0.2, -0.15) is 0 Å². The van der Waals surface area contributed by atoms with Crippen molar-refractivity contribution in [1.29, 1.82) is 0 Å². The number of fused-ring (bicyclic) bond motifs is 2. The number of hydrogen-bond donors (Lipinski definition) is 0. The number of ether oxygens (including phenoxy) is 1. The zero-order valence-electron chi connectivity index (χ0n) is 14.9. The van der Waals surface area contributed by atoms with Crippen molar-refractivity contribution in [2.24, 2.45) is 0 Å². The smallest absolute Gasteiger partial charge is 0.264 e. The van der Waals surface area contributed by atoms with Crippen LogP contribution in [0.15, 0.2) is 24.3 Å². The van der Waals surface area contributed by atoms with Gasteiger partial charge >= 0.3 is 0 Å². The van der Waals surface area contributed by atoms with Crippen molar-refractivity contribution in [3.05, 3.63) is 41.5 Å². The van der Waals surface area contributed by atoms with Crippen LogP contribution in [0.2, 0.25) is 0 Å². The molecule has 3 aliphatic heterocycles. The molecule has 0 spiro atoms. The summed E-state index contributed by atoms with van der Waals surface area (Å²) < 4.78 is 8.22. The number of rotatable bonds is 2. The molecule has 2 aromatic rings. The van der Waals surface area contributed by atoms with Gasteiger partial charge < -0.3 is 14.2 Å². The predicted molar refractivity (Wildman–Crippen MR) is 95.8 cm³/mol. The van der Waals surface area contributed by atoms with Gasteiger partial charge in [0.2, 0.25) is 0 Å². The first-order chi connectivity index (χ1) is 12.8. The summed E-state index contributed by atoms with van der Waals surface area (Å²) in [5.41, 5.74) is 1.12. The minimum absolute atomic E-state index is 0.0363. The average Bonchev–Trinajstić information content (AvgIpc) is 3.35. The van der Waals surface area contributed by atoms with Crippen molar-refractivity contribution >= 4 is 5.91 Å². The van der Waals surface area contributed by atoms with Crippen LogP contribution in [0.3, 0.4) is 0 Å². The maximum absolute atomic E-state index is 13.2. The number of para-hydroxylation sites is 1. The van der Waals surface area contributed by atoms with Gasteiger partial charge in [-0.15, -0.1) is 10.2 Å². The van der Waals surface area contributed by atoms with Crippen molar-refractivity contribution in [3.8, 4) is 5.75 Å². The van der Waals surface area contributed by atoms with Crippen LogP contribution >= 0.6 is 0 Å². The van der Waals surface area contributed by atoms with Crippen LogP contribution in [0, 0.1) is 0 Å². The minimum Gasteiger partial charge on any atom is -0.480 e. The molecule has 0 N–H and O–H groups in total. The Kier molecular flexibility index (Phi) is 3.91. The number of aryl methyl sites for hydroxylation is 1.